The Hall–Kier alpha value is -2.04. The van der Waals surface area contributed by atoms with E-state index in [0.29, 0.717) is 19.3 Å². The van der Waals surface area contributed by atoms with E-state index < -0.39 is 24.0 Å². The van der Waals surface area contributed by atoms with Gasteiger partial charge in [0.2, 0.25) is 5.69 Å². The Morgan fingerprint density at radius 3 is 2.54 bits per heavy atom. The Labute approximate surface area is 150 Å². The largest absolute Gasteiger partial charge is 0.464 e. The van der Waals surface area contributed by atoms with E-state index in [0.717, 1.165) is 19.3 Å². The summed E-state index contributed by atoms with van der Waals surface area (Å²) in [7, 11) is 2.40. The van der Waals surface area contributed by atoms with E-state index in [2.05, 4.69) is 15.0 Å². The molecule has 1 aromatic heterocycles. The van der Waals surface area contributed by atoms with Crippen LogP contribution in [0.5, 0.6) is 0 Å². The van der Waals surface area contributed by atoms with Gasteiger partial charge in [-0.05, 0) is 25.7 Å². The molecule has 0 bridgehead atoms. The van der Waals surface area contributed by atoms with Crippen molar-refractivity contribution < 1.29 is 33.6 Å². The summed E-state index contributed by atoms with van der Waals surface area (Å²) in [5.74, 6) is -2.37. The Balaban J connectivity index is 1.90. The molecule has 1 N–H and O–H groups in total. The van der Waals surface area contributed by atoms with Crippen LogP contribution in [0.2, 0.25) is 0 Å². The topological polar surface area (TPSA) is 122 Å². The van der Waals surface area contributed by atoms with Gasteiger partial charge in [-0.3, -0.25) is 0 Å². The molecule has 10 nitrogen and oxygen atoms in total. The second-order valence-electron chi connectivity index (χ2n) is 6.40. The average molecular weight is 369 g/mol. The Kier molecular flexibility index (Phi) is 5.54. The van der Waals surface area contributed by atoms with Gasteiger partial charge in [0, 0.05) is 12.8 Å². The molecule has 2 aliphatic heterocycles. The summed E-state index contributed by atoms with van der Waals surface area (Å²) in [6, 6.07) is 0. The fraction of sp³-hybridized carbons (Fsp3) is 0.750. The SMILES string of the molecule is COC(=O)c1nnn([C@@H]2CCC[C@]3(CCC[C@@H](CO)O3)O2)c1C(=O)OC. The number of hydrogen-bond donors (Lipinski definition) is 1. The fourth-order valence-corrected chi connectivity index (χ4v) is 3.52. The van der Waals surface area contributed by atoms with Crippen LogP contribution in [-0.4, -0.2) is 64.8 Å². The number of nitrogens with zero attached hydrogens (tertiary/aromatic N) is 3. The van der Waals surface area contributed by atoms with Crippen molar-refractivity contribution in [2.75, 3.05) is 20.8 Å². The van der Waals surface area contributed by atoms with Crippen molar-refractivity contribution in [3.8, 4) is 0 Å². The highest BCUT2D eigenvalue weighted by atomic mass is 16.7. The van der Waals surface area contributed by atoms with Crippen LogP contribution in [0.1, 0.15) is 65.7 Å². The summed E-state index contributed by atoms with van der Waals surface area (Å²) in [5, 5.41) is 17.1. The van der Waals surface area contributed by atoms with Gasteiger partial charge in [0.05, 0.1) is 26.9 Å². The minimum atomic E-state index is -0.834. The lowest BCUT2D eigenvalue weighted by Gasteiger charge is -2.45. The first-order valence-corrected chi connectivity index (χ1v) is 8.62. The van der Waals surface area contributed by atoms with Gasteiger partial charge in [-0.25, -0.2) is 14.3 Å². The van der Waals surface area contributed by atoms with E-state index in [1.807, 2.05) is 0 Å². The van der Waals surface area contributed by atoms with Crippen LogP contribution >= 0.6 is 0 Å². The zero-order valence-electron chi connectivity index (χ0n) is 14.8. The van der Waals surface area contributed by atoms with Crippen LogP contribution in [0.25, 0.3) is 0 Å². The number of aliphatic hydroxyl groups is 1. The molecule has 0 amide bonds. The fourth-order valence-electron chi connectivity index (χ4n) is 3.52. The average Bonchev–Trinajstić information content (AvgIpc) is 3.12. The van der Waals surface area contributed by atoms with Gasteiger partial charge in [0.1, 0.15) is 0 Å². The quantitative estimate of drug-likeness (QED) is 0.768. The Morgan fingerprint density at radius 2 is 1.88 bits per heavy atom. The van der Waals surface area contributed by atoms with Crippen LogP contribution in [0.15, 0.2) is 0 Å². The molecule has 3 heterocycles. The third-order valence-electron chi connectivity index (χ3n) is 4.75. The summed E-state index contributed by atoms with van der Waals surface area (Å²) in [5.41, 5.74) is -0.337. The predicted molar refractivity (Wildman–Crippen MR) is 85.2 cm³/mol. The summed E-state index contributed by atoms with van der Waals surface area (Å²) in [6.07, 6.45) is 3.45. The maximum atomic E-state index is 12.2. The second kappa shape index (κ2) is 7.68. The molecular formula is C16H23N3O7. The first-order chi connectivity index (χ1) is 12.5. The van der Waals surface area contributed by atoms with E-state index in [1.165, 1.54) is 18.9 Å². The molecule has 0 saturated carbocycles. The van der Waals surface area contributed by atoms with Gasteiger partial charge in [-0.2, -0.15) is 0 Å². The van der Waals surface area contributed by atoms with E-state index in [4.69, 9.17) is 14.2 Å². The number of ether oxygens (including phenoxy) is 4. The molecule has 0 radical (unpaired) electrons. The van der Waals surface area contributed by atoms with Crippen LogP contribution < -0.4 is 0 Å². The number of carbonyl (C=O) groups excluding carboxylic acids is 2. The van der Waals surface area contributed by atoms with Gasteiger partial charge in [0.25, 0.3) is 0 Å². The number of rotatable bonds is 4. The number of aromatic nitrogens is 3. The minimum Gasteiger partial charge on any atom is -0.464 e. The number of aliphatic hydroxyl groups excluding tert-OH is 1. The van der Waals surface area contributed by atoms with E-state index in [1.54, 1.807) is 0 Å². The molecule has 2 fully saturated rings. The molecule has 0 aromatic carbocycles. The minimum absolute atomic E-state index is 0.0704. The van der Waals surface area contributed by atoms with Crippen molar-refractivity contribution >= 4 is 11.9 Å². The molecule has 1 aromatic rings. The molecule has 2 aliphatic rings. The summed E-state index contributed by atoms with van der Waals surface area (Å²) >= 11 is 0. The van der Waals surface area contributed by atoms with Gasteiger partial charge >= 0.3 is 11.9 Å². The Bertz CT molecular complexity index is 673. The van der Waals surface area contributed by atoms with E-state index in [-0.39, 0.29) is 24.1 Å². The van der Waals surface area contributed by atoms with Crippen LogP contribution in [0.4, 0.5) is 0 Å². The molecule has 1 spiro atoms. The standard InChI is InChI=1S/C16H23N3O7/c1-23-14(21)12-13(15(22)24-2)19(18-17-12)11-6-4-8-16(26-11)7-3-5-10(9-20)25-16/h10-11,20H,3-9H2,1-2H3/t10-,11-,16-/m0/s1. The summed E-state index contributed by atoms with van der Waals surface area (Å²) in [4.78, 5) is 24.1. The van der Waals surface area contributed by atoms with Crippen molar-refractivity contribution in [3.63, 3.8) is 0 Å². The highest BCUT2D eigenvalue weighted by Crippen LogP contribution is 2.42. The van der Waals surface area contributed by atoms with Crippen LogP contribution in [-0.2, 0) is 18.9 Å². The van der Waals surface area contributed by atoms with Crippen molar-refractivity contribution in [1.29, 1.82) is 0 Å². The van der Waals surface area contributed by atoms with Crippen molar-refractivity contribution in [1.82, 2.24) is 15.0 Å². The predicted octanol–water partition coefficient (Wildman–Crippen LogP) is 0.808. The van der Waals surface area contributed by atoms with Crippen LogP contribution in [0.3, 0.4) is 0 Å². The maximum absolute atomic E-state index is 12.2. The highest BCUT2D eigenvalue weighted by molar-refractivity contribution is 6.00. The highest BCUT2D eigenvalue weighted by Gasteiger charge is 2.44. The lowest BCUT2D eigenvalue weighted by atomic mass is 9.94. The molecule has 3 atom stereocenters. The third-order valence-corrected chi connectivity index (χ3v) is 4.75. The van der Waals surface area contributed by atoms with Crippen molar-refractivity contribution in [2.45, 2.75) is 56.6 Å². The van der Waals surface area contributed by atoms with Crippen molar-refractivity contribution in [3.05, 3.63) is 11.4 Å². The zero-order chi connectivity index (χ0) is 18.7. The molecule has 2 saturated heterocycles. The number of hydrogen-bond acceptors (Lipinski definition) is 9. The molecule has 0 unspecified atom stereocenters. The molecule has 3 rings (SSSR count). The number of esters is 2. The third kappa shape index (κ3) is 3.44. The number of methoxy groups -OCH3 is 2. The smallest absolute Gasteiger partial charge is 0.361 e. The lowest BCUT2D eigenvalue weighted by molar-refractivity contribution is -0.332. The monoisotopic (exact) mass is 369 g/mol. The molecule has 144 valence electrons. The molecule has 0 aliphatic carbocycles. The van der Waals surface area contributed by atoms with Gasteiger partial charge in [-0.15, -0.1) is 5.10 Å². The van der Waals surface area contributed by atoms with Crippen LogP contribution in [0, 0.1) is 0 Å². The van der Waals surface area contributed by atoms with Gasteiger partial charge in [-0.1, -0.05) is 5.21 Å². The van der Waals surface area contributed by atoms with Gasteiger partial charge in [0.15, 0.2) is 17.7 Å². The first-order valence-electron chi connectivity index (χ1n) is 8.62. The lowest BCUT2D eigenvalue weighted by Crippen LogP contribution is -2.48. The second-order valence-corrected chi connectivity index (χ2v) is 6.40. The van der Waals surface area contributed by atoms with E-state index in [9.17, 15) is 14.7 Å². The first kappa shape index (κ1) is 18.7. The Morgan fingerprint density at radius 1 is 1.19 bits per heavy atom. The molecule has 26 heavy (non-hydrogen) atoms. The maximum Gasteiger partial charge on any atom is 0.361 e. The van der Waals surface area contributed by atoms with Gasteiger partial charge < -0.3 is 24.1 Å². The molecule has 10 heteroatoms. The normalized spacial score (nSPS) is 28.7. The summed E-state index contributed by atoms with van der Waals surface area (Å²) < 4.78 is 22.8. The van der Waals surface area contributed by atoms with E-state index >= 15 is 0 Å². The number of carbonyl (C=O) groups is 2. The molecular weight excluding hydrogens is 346 g/mol. The van der Waals surface area contributed by atoms with Crippen molar-refractivity contribution in [2.24, 2.45) is 0 Å². The zero-order valence-corrected chi connectivity index (χ0v) is 14.8. The summed E-state index contributed by atoms with van der Waals surface area (Å²) in [6.45, 7) is -0.0704.